The van der Waals surface area contributed by atoms with E-state index in [1.165, 1.54) is 6.08 Å². The molecule has 1 rings (SSSR count). The maximum absolute atomic E-state index is 6.26. The maximum Gasteiger partial charge on any atom is 0.157 e. The fourth-order valence-electron chi connectivity index (χ4n) is 1.88. The van der Waals surface area contributed by atoms with E-state index in [0.717, 1.165) is 12.8 Å². The smallest absolute Gasteiger partial charge is 0.157 e. The molecule has 0 saturated carbocycles. The Morgan fingerprint density at radius 2 is 1.81 bits per heavy atom. The molecule has 0 aliphatic rings. The summed E-state index contributed by atoms with van der Waals surface area (Å²) in [5.41, 5.74) is 0.00625. The molecule has 0 amide bonds. The highest BCUT2D eigenvalue weighted by molar-refractivity contribution is 6.55. The Morgan fingerprint density at radius 3 is 2.37 bits per heavy atom. The lowest BCUT2D eigenvalue weighted by molar-refractivity contribution is 0.124. The van der Waals surface area contributed by atoms with Crippen molar-refractivity contribution in [1.82, 2.24) is 0 Å². The first-order chi connectivity index (χ1) is 12.6. The van der Waals surface area contributed by atoms with Gasteiger partial charge in [-0.05, 0) is 25.8 Å². The zero-order valence-electron chi connectivity index (χ0n) is 15.9. The molecule has 1 aromatic carbocycles. The van der Waals surface area contributed by atoms with Crippen LogP contribution < -0.4 is 9.47 Å². The SMILES string of the molecule is CC(CCCON=CC(C)(C)C)Oc1c(Cl)cc(OCC=C(Cl)Cl)cc1Cl. The summed E-state index contributed by atoms with van der Waals surface area (Å²) >= 11 is 23.6. The van der Waals surface area contributed by atoms with Gasteiger partial charge in [-0.2, -0.15) is 0 Å². The lowest BCUT2D eigenvalue weighted by atomic mass is 10.00. The molecule has 1 unspecified atom stereocenters. The molecule has 1 atom stereocenters. The Labute approximate surface area is 181 Å². The summed E-state index contributed by atoms with van der Waals surface area (Å²) < 4.78 is 11.5. The van der Waals surface area contributed by atoms with Crippen LogP contribution in [0.25, 0.3) is 0 Å². The molecule has 0 fully saturated rings. The summed E-state index contributed by atoms with van der Waals surface area (Å²) in [6, 6.07) is 3.27. The fraction of sp³-hybridized carbons (Fsp3) is 0.526. The zero-order valence-corrected chi connectivity index (χ0v) is 18.9. The minimum Gasteiger partial charge on any atom is -0.489 e. The second kappa shape index (κ2) is 11.9. The van der Waals surface area contributed by atoms with Crippen LogP contribution in [0.2, 0.25) is 10.0 Å². The van der Waals surface area contributed by atoms with E-state index < -0.39 is 0 Å². The highest BCUT2D eigenvalue weighted by atomic mass is 35.5. The van der Waals surface area contributed by atoms with E-state index in [0.29, 0.717) is 28.2 Å². The number of oxime groups is 1. The summed E-state index contributed by atoms with van der Waals surface area (Å²) in [7, 11) is 0. The number of benzene rings is 1. The van der Waals surface area contributed by atoms with Crippen LogP contribution in [0.5, 0.6) is 11.5 Å². The highest BCUT2D eigenvalue weighted by Crippen LogP contribution is 2.37. The first-order valence-corrected chi connectivity index (χ1v) is 10.1. The molecule has 0 aliphatic heterocycles. The standard InChI is InChI=1S/C19H25Cl4NO3/c1-13(6-5-8-26-24-12-19(2,3)4)27-18-15(20)10-14(11-16(18)21)25-9-7-17(22)23/h7,10-13H,5-6,8-9H2,1-4H3. The lowest BCUT2D eigenvalue weighted by Gasteiger charge is -2.17. The molecule has 8 heteroatoms. The molecule has 0 N–H and O–H groups in total. The Bertz CT molecular complexity index is 630. The summed E-state index contributed by atoms with van der Waals surface area (Å²) in [4.78, 5) is 5.25. The molecule has 4 nitrogen and oxygen atoms in total. The molecule has 152 valence electrons. The van der Waals surface area contributed by atoms with Crippen molar-refractivity contribution in [1.29, 1.82) is 0 Å². The van der Waals surface area contributed by atoms with Gasteiger partial charge in [0.1, 0.15) is 23.5 Å². The molecule has 27 heavy (non-hydrogen) atoms. The number of halogens is 4. The van der Waals surface area contributed by atoms with Gasteiger partial charge in [-0.1, -0.05) is 72.3 Å². The normalized spacial score (nSPS) is 12.7. The van der Waals surface area contributed by atoms with Crippen LogP contribution in [0, 0.1) is 5.41 Å². The molecule has 0 heterocycles. The van der Waals surface area contributed by atoms with E-state index in [2.05, 4.69) is 25.9 Å². The van der Waals surface area contributed by atoms with Crippen molar-refractivity contribution in [2.24, 2.45) is 10.6 Å². The Kier molecular flexibility index (Phi) is 10.7. The van der Waals surface area contributed by atoms with Crippen molar-refractivity contribution < 1.29 is 14.3 Å². The van der Waals surface area contributed by atoms with E-state index in [-0.39, 0.29) is 22.6 Å². The van der Waals surface area contributed by atoms with Crippen LogP contribution in [0.3, 0.4) is 0 Å². The van der Waals surface area contributed by atoms with Crippen molar-refractivity contribution in [2.75, 3.05) is 13.2 Å². The molecular formula is C19H25Cl4NO3. The number of ether oxygens (including phenoxy) is 2. The van der Waals surface area contributed by atoms with E-state index >= 15 is 0 Å². The molecule has 0 radical (unpaired) electrons. The monoisotopic (exact) mass is 455 g/mol. The summed E-state index contributed by atoms with van der Waals surface area (Å²) in [5, 5.41) is 4.70. The van der Waals surface area contributed by atoms with E-state index in [1.54, 1.807) is 18.3 Å². The third-order valence-corrected chi connectivity index (χ3v) is 4.01. The maximum atomic E-state index is 6.26. The molecular weight excluding hydrogens is 432 g/mol. The predicted molar refractivity (Wildman–Crippen MR) is 115 cm³/mol. The number of hydrogen-bond donors (Lipinski definition) is 0. The molecule has 0 aromatic heterocycles. The molecule has 0 spiro atoms. The van der Waals surface area contributed by atoms with Gasteiger partial charge in [0.2, 0.25) is 0 Å². The Hall–Kier alpha value is -0.810. The summed E-state index contributed by atoms with van der Waals surface area (Å²) in [6.07, 6.45) is 4.79. The quantitative estimate of drug-likeness (QED) is 0.211. The van der Waals surface area contributed by atoms with Gasteiger partial charge >= 0.3 is 0 Å². The molecule has 0 aliphatic carbocycles. The molecule has 0 bridgehead atoms. The zero-order chi connectivity index (χ0) is 20.4. The lowest BCUT2D eigenvalue weighted by Crippen LogP contribution is -2.13. The highest BCUT2D eigenvalue weighted by Gasteiger charge is 2.14. The van der Waals surface area contributed by atoms with Gasteiger partial charge in [0.25, 0.3) is 0 Å². The van der Waals surface area contributed by atoms with Crippen molar-refractivity contribution in [3.63, 3.8) is 0 Å². The van der Waals surface area contributed by atoms with Gasteiger partial charge in [-0.15, -0.1) is 0 Å². The minimum absolute atomic E-state index is 0.00625. The number of nitrogens with zero attached hydrogens (tertiary/aromatic N) is 1. The predicted octanol–water partition coefficient (Wildman–Crippen LogP) is 7.29. The Balaban J connectivity index is 2.48. The van der Waals surface area contributed by atoms with Crippen LogP contribution in [0.1, 0.15) is 40.5 Å². The summed E-state index contributed by atoms with van der Waals surface area (Å²) in [5.74, 6) is 0.928. The van der Waals surface area contributed by atoms with Crippen molar-refractivity contribution in [3.8, 4) is 11.5 Å². The van der Waals surface area contributed by atoms with Crippen LogP contribution in [-0.4, -0.2) is 25.5 Å². The second-order valence-electron chi connectivity index (χ2n) is 7.03. The number of hydrogen-bond acceptors (Lipinski definition) is 4. The molecule has 0 saturated heterocycles. The first-order valence-electron chi connectivity index (χ1n) is 8.54. The van der Waals surface area contributed by atoms with Crippen LogP contribution in [0.15, 0.2) is 27.9 Å². The van der Waals surface area contributed by atoms with Crippen molar-refractivity contribution in [3.05, 3.63) is 32.7 Å². The van der Waals surface area contributed by atoms with E-state index in [1.807, 2.05) is 6.92 Å². The average Bonchev–Trinajstić information content (AvgIpc) is 2.53. The van der Waals surface area contributed by atoms with Crippen LogP contribution in [0.4, 0.5) is 0 Å². The minimum atomic E-state index is -0.0834. The molecule has 1 aromatic rings. The topological polar surface area (TPSA) is 40.0 Å². The van der Waals surface area contributed by atoms with Gasteiger partial charge in [-0.25, -0.2) is 0 Å². The van der Waals surface area contributed by atoms with Gasteiger partial charge in [0.15, 0.2) is 5.75 Å². The largest absolute Gasteiger partial charge is 0.489 e. The van der Waals surface area contributed by atoms with Gasteiger partial charge in [0.05, 0.1) is 16.1 Å². The summed E-state index contributed by atoms with van der Waals surface area (Å²) in [6.45, 7) is 8.85. The Morgan fingerprint density at radius 1 is 1.19 bits per heavy atom. The van der Waals surface area contributed by atoms with Crippen molar-refractivity contribution in [2.45, 2.75) is 46.6 Å². The van der Waals surface area contributed by atoms with E-state index in [9.17, 15) is 0 Å². The van der Waals surface area contributed by atoms with Gasteiger partial charge < -0.3 is 14.3 Å². The van der Waals surface area contributed by atoms with Gasteiger partial charge in [0, 0.05) is 23.8 Å². The third-order valence-electron chi connectivity index (χ3n) is 3.14. The first kappa shape index (κ1) is 24.2. The number of rotatable bonds is 10. The van der Waals surface area contributed by atoms with E-state index in [4.69, 9.17) is 60.7 Å². The third kappa shape index (κ3) is 10.9. The van der Waals surface area contributed by atoms with Crippen LogP contribution in [-0.2, 0) is 4.84 Å². The second-order valence-corrected chi connectivity index (χ2v) is 8.85. The fourth-order valence-corrected chi connectivity index (χ4v) is 2.56. The van der Waals surface area contributed by atoms with Crippen molar-refractivity contribution >= 4 is 52.6 Å². The van der Waals surface area contributed by atoms with Gasteiger partial charge in [-0.3, -0.25) is 0 Å². The van der Waals surface area contributed by atoms with Crippen LogP contribution >= 0.6 is 46.4 Å². The average molecular weight is 457 g/mol.